The number of nitrogens with zero attached hydrogens (tertiary/aromatic N) is 1. The predicted octanol–water partition coefficient (Wildman–Crippen LogP) is 3.33. The highest BCUT2D eigenvalue weighted by Gasteiger charge is 2.04. The number of rotatable bonds is 6. The summed E-state index contributed by atoms with van der Waals surface area (Å²) in [6, 6.07) is 12.5. The molecule has 3 nitrogen and oxygen atoms in total. The quantitative estimate of drug-likeness (QED) is 0.860. The Kier molecular flexibility index (Phi) is 4.93. The monoisotopic (exact) mass is 256 g/mol. The SMILES string of the molecule is CCOc1ccc(CN[C@@H](C)c2cccnc2)cc1. The fourth-order valence-corrected chi connectivity index (χ4v) is 1.89. The average Bonchev–Trinajstić information content (AvgIpc) is 2.47. The van der Waals surface area contributed by atoms with Gasteiger partial charge in [-0.2, -0.15) is 0 Å². The predicted molar refractivity (Wildman–Crippen MR) is 77.1 cm³/mol. The second kappa shape index (κ2) is 6.90. The lowest BCUT2D eigenvalue weighted by Gasteiger charge is -2.14. The van der Waals surface area contributed by atoms with E-state index in [2.05, 4.69) is 35.4 Å². The van der Waals surface area contributed by atoms with Crippen LogP contribution >= 0.6 is 0 Å². The van der Waals surface area contributed by atoms with Gasteiger partial charge >= 0.3 is 0 Å². The summed E-state index contributed by atoms with van der Waals surface area (Å²) in [5.74, 6) is 0.923. The number of ether oxygens (including phenoxy) is 1. The lowest BCUT2D eigenvalue weighted by molar-refractivity contribution is 0.340. The number of nitrogens with one attached hydrogen (secondary N) is 1. The van der Waals surface area contributed by atoms with Crippen molar-refractivity contribution in [1.82, 2.24) is 10.3 Å². The number of hydrogen-bond acceptors (Lipinski definition) is 3. The molecule has 0 fully saturated rings. The van der Waals surface area contributed by atoms with Gasteiger partial charge in [0.05, 0.1) is 6.61 Å². The van der Waals surface area contributed by atoms with Crippen LogP contribution in [0.15, 0.2) is 48.8 Å². The third kappa shape index (κ3) is 4.07. The molecule has 3 heteroatoms. The number of aromatic nitrogens is 1. The fraction of sp³-hybridized carbons (Fsp3) is 0.312. The summed E-state index contributed by atoms with van der Waals surface area (Å²) in [4.78, 5) is 4.14. The summed E-state index contributed by atoms with van der Waals surface area (Å²) >= 11 is 0. The van der Waals surface area contributed by atoms with E-state index in [1.807, 2.05) is 31.3 Å². The molecule has 19 heavy (non-hydrogen) atoms. The first-order valence-electron chi connectivity index (χ1n) is 6.64. The molecule has 1 N–H and O–H groups in total. The fourth-order valence-electron chi connectivity index (χ4n) is 1.89. The van der Waals surface area contributed by atoms with Crippen molar-refractivity contribution in [2.24, 2.45) is 0 Å². The van der Waals surface area contributed by atoms with Crippen molar-refractivity contribution < 1.29 is 4.74 Å². The summed E-state index contributed by atoms with van der Waals surface area (Å²) in [6.07, 6.45) is 3.69. The van der Waals surface area contributed by atoms with Crippen LogP contribution < -0.4 is 10.1 Å². The van der Waals surface area contributed by atoms with Gasteiger partial charge in [-0.1, -0.05) is 18.2 Å². The van der Waals surface area contributed by atoms with Gasteiger partial charge in [0.25, 0.3) is 0 Å². The van der Waals surface area contributed by atoms with Gasteiger partial charge in [0.1, 0.15) is 5.75 Å². The molecule has 0 saturated heterocycles. The molecule has 100 valence electrons. The zero-order valence-corrected chi connectivity index (χ0v) is 11.5. The molecule has 1 atom stereocenters. The Balaban J connectivity index is 1.88. The van der Waals surface area contributed by atoms with Gasteiger partial charge in [0.15, 0.2) is 0 Å². The normalized spacial score (nSPS) is 12.1. The molecular weight excluding hydrogens is 236 g/mol. The van der Waals surface area contributed by atoms with E-state index in [0.29, 0.717) is 12.6 Å². The first kappa shape index (κ1) is 13.6. The van der Waals surface area contributed by atoms with Crippen molar-refractivity contribution in [3.8, 4) is 5.75 Å². The number of hydrogen-bond donors (Lipinski definition) is 1. The Labute approximate surface area is 114 Å². The molecule has 0 aliphatic carbocycles. The van der Waals surface area contributed by atoms with Gasteiger partial charge in [-0.05, 0) is 43.2 Å². The van der Waals surface area contributed by atoms with Crippen LogP contribution in [-0.2, 0) is 6.54 Å². The highest BCUT2D eigenvalue weighted by Crippen LogP contribution is 2.14. The van der Waals surface area contributed by atoms with Gasteiger partial charge in [0.2, 0.25) is 0 Å². The van der Waals surface area contributed by atoms with Crippen LogP contribution in [0.2, 0.25) is 0 Å². The zero-order valence-electron chi connectivity index (χ0n) is 11.5. The van der Waals surface area contributed by atoms with Gasteiger partial charge in [-0.25, -0.2) is 0 Å². The summed E-state index contributed by atoms with van der Waals surface area (Å²) in [6.45, 7) is 5.68. The minimum absolute atomic E-state index is 0.292. The van der Waals surface area contributed by atoms with Crippen LogP contribution in [0, 0.1) is 0 Å². The molecule has 1 heterocycles. The minimum Gasteiger partial charge on any atom is -0.494 e. The van der Waals surface area contributed by atoms with E-state index in [4.69, 9.17) is 4.74 Å². The Morgan fingerprint density at radius 3 is 2.63 bits per heavy atom. The Bertz CT molecular complexity index is 482. The van der Waals surface area contributed by atoms with Crippen molar-refractivity contribution in [3.05, 3.63) is 59.9 Å². The summed E-state index contributed by atoms with van der Waals surface area (Å²) in [7, 11) is 0. The van der Waals surface area contributed by atoms with Gasteiger partial charge in [0, 0.05) is 25.0 Å². The van der Waals surface area contributed by atoms with Crippen molar-refractivity contribution in [3.63, 3.8) is 0 Å². The maximum Gasteiger partial charge on any atom is 0.119 e. The Morgan fingerprint density at radius 1 is 1.21 bits per heavy atom. The van der Waals surface area contributed by atoms with E-state index < -0.39 is 0 Å². The van der Waals surface area contributed by atoms with Crippen LogP contribution in [0.5, 0.6) is 5.75 Å². The van der Waals surface area contributed by atoms with Crippen LogP contribution in [0.4, 0.5) is 0 Å². The maximum absolute atomic E-state index is 5.43. The molecule has 0 radical (unpaired) electrons. The molecule has 1 aromatic heterocycles. The summed E-state index contributed by atoms with van der Waals surface area (Å²) in [5, 5.41) is 3.49. The van der Waals surface area contributed by atoms with Crippen LogP contribution in [0.1, 0.15) is 31.0 Å². The van der Waals surface area contributed by atoms with Crippen LogP contribution in [0.3, 0.4) is 0 Å². The maximum atomic E-state index is 5.43. The first-order chi connectivity index (χ1) is 9.29. The molecular formula is C16H20N2O. The van der Waals surface area contributed by atoms with E-state index in [1.165, 1.54) is 11.1 Å². The largest absolute Gasteiger partial charge is 0.494 e. The van der Waals surface area contributed by atoms with Gasteiger partial charge in [-0.15, -0.1) is 0 Å². The third-order valence-corrected chi connectivity index (χ3v) is 3.03. The summed E-state index contributed by atoms with van der Waals surface area (Å²) < 4.78 is 5.43. The van der Waals surface area contributed by atoms with E-state index in [9.17, 15) is 0 Å². The molecule has 0 aliphatic rings. The van der Waals surface area contributed by atoms with E-state index in [0.717, 1.165) is 12.3 Å². The lowest BCUT2D eigenvalue weighted by atomic mass is 10.1. The third-order valence-electron chi connectivity index (χ3n) is 3.03. The van der Waals surface area contributed by atoms with Crippen molar-refractivity contribution in [2.45, 2.75) is 26.4 Å². The Morgan fingerprint density at radius 2 is 2.00 bits per heavy atom. The topological polar surface area (TPSA) is 34.1 Å². The van der Waals surface area contributed by atoms with Crippen molar-refractivity contribution >= 4 is 0 Å². The van der Waals surface area contributed by atoms with Crippen LogP contribution in [0.25, 0.3) is 0 Å². The van der Waals surface area contributed by atoms with Gasteiger partial charge in [-0.3, -0.25) is 4.98 Å². The molecule has 0 amide bonds. The van der Waals surface area contributed by atoms with E-state index in [-0.39, 0.29) is 0 Å². The highest BCUT2D eigenvalue weighted by atomic mass is 16.5. The zero-order chi connectivity index (χ0) is 13.5. The molecule has 0 spiro atoms. The smallest absolute Gasteiger partial charge is 0.119 e. The molecule has 0 saturated carbocycles. The van der Waals surface area contributed by atoms with Crippen molar-refractivity contribution in [2.75, 3.05) is 6.61 Å². The molecule has 2 rings (SSSR count). The minimum atomic E-state index is 0.292. The van der Waals surface area contributed by atoms with Gasteiger partial charge < -0.3 is 10.1 Å². The number of benzene rings is 1. The first-order valence-corrected chi connectivity index (χ1v) is 6.64. The lowest BCUT2D eigenvalue weighted by Crippen LogP contribution is -2.18. The molecule has 0 unspecified atom stereocenters. The summed E-state index contributed by atoms with van der Waals surface area (Å²) in [5.41, 5.74) is 2.45. The molecule has 2 aromatic rings. The Hall–Kier alpha value is -1.87. The molecule has 0 bridgehead atoms. The molecule has 1 aromatic carbocycles. The second-order valence-corrected chi connectivity index (χ2v) is 4.47. The van der Waals surface area contributed by atoms with E-state index >= 15 is 0 Å². The highest BCUT2D eigenvalue weighted by molar-refractivity contribution is 5.27. The second-order valence-electron chi connectivity index (χ2n) is 4.47. The standard InChI is InChI=1S/C16H20N2O/c1-3-19-16-8-6-14(7-9-16)11-18-13(2)15-5-4-10-17-12-15/h4-10,12-13,18H,3,11H2,1-2H3/t13-/m0/s1. The average molecular weight is 256 g/mol. The van der Waals surface area contributed by atoms with E-state index in [1.54, 1.807) is 6.20 Å². The molecule has 0 aliphatic heterocycles. The van der Waals surface area contributed by atoms with Crippen molar-refractivity contribution in [1.29, 1.82) is 0 Å². The van der Waals surface area contributed by atoms with Crippen LogP contribution in [-0.4, -0.2) is 11.6 Å². The number of pyridine rings is 1.